The number of nitrogens with one attached hydrogen (secondary N) is 1. The van der Waals surface area contributed by atoms with E-state index in [0.717, 1.165) is 12.2 Å². The molecule has 0 saturated heterocycles. The molecule has 0 aliphatic carbocycles. The van der Waals surface area contributed by atoms with E-state index >= 15 is 0 Å². The van der Waals surface area contributed by atoms with Crippen LogP contribution in [0, 0.1) is 0 Å². The summed E-state index contributed by atoms with van der Waals surface area (Å²) in [6.45, 7) is 3.55. The highest BCUT2D eigenvalue weighted by Gasteiger charge is 2.09. The number of hydrogen-bond acceptors (Lipinski definition) is 3. The second kappa shape index (κ2) is 7.85. The van der Waals surface area contributed by atoms with Crippen molar-refractivity contribution in [2.24, 2.45) is 0 Å². The minimum Gasteiger partial charge on any atom is -0.353 e. The van der Waals surface area contributed by atoms with Gasteiger partial charge in [0.25, 0.3) is 0 Å². The van der Waals surface area contributed by atoms with Crippen LogP contribution in [0.3, 0.4) is 0 Å². The zero-order chi connectivity index (χ0) is 11.0. The molecule has 82 valence electrons. The van der Waals surface area contributed by atoms with E-state index in [4.69, 9.17) is 0 Å². The molecule has 0 saturated carbocycles. The topological polar surface area (TPSA) is 46.2 Å². The zero-order valence-corrected chi connectivity index (χ0v) is 9.95. The molecule has 1 amide bonds. The van der Waals surface area contributed by atoms with E-state index in [0.29, 0.717) is 12.8 Å². The van der Waals surface area contributed by atoms with Crippen LogP contribution in [0.5, 0.6) is 0 Å². The number of rotatable bonds is 7. The van der Waals surface area contributed by atoms with Crippen molar-refractivity contribution in [2.45, 2.75) is 39.2 Å². The molecule has 0 aromatic rings. The first-order chi connectivity index (χ1) is 6.60. The van der Waals surface area contributed by atoms with Crippen LogP contribution in [0.2, 0.25) is 0 Å². The van der Waals surface area contributed by atoms with Crippen molar-refractivity contribution in [1.29, 1.82) is 0 Å². The molecule has 0 fully saturated rings. The lowest BCUT2D eigenvalue weighted by molar-refractivity contribution is -0.125. The van der Waals surface area contributed by atoms with Gasteiger partial charge in [0.15, 0.2) is 0 Å². The lowest BCUT2D eigenvalue weighted by atomic mass is 10.2. The van der Waals surface area contributed by atoms with Gasteiger partial charge in [-0.05, 0) is 19.6 Å². The Labute approximate surface area is 90.0 Å². The molecule has 1 N–H and O–H groups in total. The van der Waals surface area contributed by atoms with E-state index in [1.54, 1.807) is 11.8 Å². The average molecular weight is 217 g/mol. The fourth-order valence-corrected chi connectivity index (χ4v) is 1.77. The van der Waals surface area contributed by atoms with Crippen molar-refractivity contribution in [3.63, 3.8) is 0 Å². The first kappa shape index (κ1) is 13.5. The van der Waals surface area contributed by atoms with Crippen molar-refractivity contribution >= 4 is 23.5 Å². The van der Waals surface area contributed by atoms with Gasteiger partial charge < -0.3 is 10.1 Å². The molecule has 3 nitrogen and oxygen atoms in total. The summed E-state index contributed by atoms with van der Waals surface area (Å²) >= 11 is 1.72. The van der Waals surface area contributed by atoms with Crippen molar-refractivity contribution in [3.8, 4) is 0 Å². The number of ketones is 1. The second-order valence-corrected chi connectivity index (χ2v) is 4.24. The number of hydrogen-bond donors (Lipinski definition) is 1. The number of carbonyl (C=O) groups is 2. The van der Waals surface area contributed by atoms with E-state index in [1.165, 1.54) is 6.92 Å². The quantitative estimate of drug-likeness (QED) is 0.705. The van der Waals surface area contributed by atoms with Gasteiger partial charge in [-0.3, -0.25) is 4.79 Å². The van der Waals surface area contributed by atoms with Crippen LogP contribution >= 0.6 is 11.8 Å². The summed E-state index contributed by atoms with van der Waals surface area (Å²) in [5, 5.41) is 2.91. The molecule has 0 bridgehead atoms. The molecule has 0 rings (SSSR count). The smallest absolute Gasteiger partial charge is 0.220 e. The third-order valence-electron chi connectivity index (χ3n) is 1.93. The summed E-state index contributed by atoms with van der Waals surface area (Å²) in [4.78, 5) is 22.0. The Morgan fingerprint density at radius 2 is 2.00 bits per heavy atom. The predicted octanol–water partition coefficient (Wildman–Crippen LogP) is 1.61. The first-order valence-electron chi connectivity index (χ1n) is 4.87. The summed E-state index contributed by atoms with van der Waals surface area (Å²) in [7, 11) is 0. The highest BCUT2D eigenvalue weighted by molar-refractivity contribution is 7.98. The van der Waals surface area contributed by atoms with Crippen LogP contribution < -0.4 is 5.32 Å². The van der Waals surface area contributed by atoms with Gasteiger partial charge in [0.2, 0.25) is 5.91 Å². The van der Waals surface area contributed by atoms with Gasteiger partial charge in [-0.1, -0.05) is 6.92 Å². The van der Waals surface area contributed by atoms with E-state index in [1.807, 2.05) is 13.2 Å². The minimum absolute atomic E-state index is 0.0129. The second-order valence-electron chi connectivity index (χ2n) is 3.33. The van der Waals surface area contributed by atoms with Crippen molar-refractivity contribution < 1.29 is 9.59 Å². The maximum atomic E-state index is 11.3. The molecule has 0 radical (unpaired) electrons. The Morgan fingerprint density at radius 1 is 1.36 bits per heavy atom. The molecule has 4 heteroatoms. The Bertz CT molecular complexity index is 195. The minimum atomic E-state index is -0.0129. The normalized spacial score (nSPS) is 12.2. The van der Waals surface area contributed by atoms with E-state index in [-0.39, 0.29) is 17.7 Å². The highest BCUT2D eigenvalue weighted by Crippen LogP contribution is 2.02. The maximum absolute atomic E-state index is 11.3. The number of Topliss-reactive ketones (excluding diaryl/α,β-unsaturated/α-hetero) is 1. The molecular weight excluding hydrogens is 198 g/mol. The lowest BCUT2D eigenvalue weighted by Crippen LogP contribution is -2.36. The van der Waals surface area contributed by atoms with Crippen LogP contribution in [0.1, 0.15) is 33.1 Å². The Balaban J connectivity index is 3.72. The first-order valence-corrected chi connectivity index (χ1v) is 6.27. The molecule has 0 heterocycles. The fraction of sp³-hybridized carbons (Fsp3) is 0.800. The number of thioether (sulfide) groups is 1. The third-order valence-corrected chi connectivity index (χ3v) is 2.67. The third kappa shape index (κ3) is 6.95. The summed E-state index contributed by atoms with van der Waals surface area (Å²) < 4.78 is 0. The molecule has 0 aromatic carbocycles. The predicted molar refractivity (Wildman–Crippen MR) is 60.5 cm³/mol. The Hall–Kier alpha value is -0.510. The Morgan fingerprint density at radius 3 is 2.43 bits per heavy atom. The standard InChI is InChI=1S/C10H19NO2S/c1-4-9(7-14-3)11-10(13)6-5-8(2)12/h9H,4-7H2,1-3H3,(H,11,13). The molecule has 1 atom stereocenters. The van der Waals surface area contributed by atoms with E-state index in [2.05, 4.69) is 5.32 Å². The summed E-state index contributed by atoms with van der Waals surface area (Å²) in [6.07, 6.45) is 3.62. The molecular formula is C10H19NO2S. The van der Waals surface area contributed by atoms with Crippen molar-refractivity contribution in [2.75, 3.05) is 12.0 Å². The molecule has 0 spiro atoms. The molecule has 0 aliphatic heterocycles. The largest absolute Gasteiger partial charge is 0.353 e. The summed E-state index contributed by atoms with van der Waals surface area (Å²) in [5.74, 6) is 0.988. The Kier molecular flexibility index (Phi) is 7.57. The van der Waals surface area contributed by atoms with Crippen molar-refractivity contribution in [3.05, 3.63) is 0 Å². The number of carbonyl (C=O) groups excluding carboxylic acids is 2. The highest BCUT2D eigenvalue weighted by atomic mass is 32.2. The van der Waals surface area contributed by atoms with Crippen LogP contribution in [0.25, 0.3) is 0 Å². The monoisotopic (exact) mass is 217 g/mol. The van der Waals surface area contributed by atoms with E-state index < -0.39 is 0 Å². The molecule has 1 unspecified atom stereocenters. The van der Waals surface area contributed by atoms with Gasteiger partial charge in [0.1, 0.15) is 5.78 Å². The van der Waals surface area contributed by atoms with Gasteiger partial charge in [0.05, 0.1) is 0 Å². The van der Waals surface area contributed by atoms with Gasteiger partial charge in [0, 0.05) is 24.6 Å². The molecule has 0 aliphatic rings. The SMILES string of the molecule is CCC(CSC)NC(=O)CCC(C)=O. The van der Waals surface area contributed by atoms with Crippen LogP contribution in [-0.2, 0) is 9.59 Å². The average Bonchev–Trinajstić information content (AvgIpc) is 2.14. The van der Waals surface area contributed by atoms with Gasteiger partial charge >= 0.3 is 0 Å². The van der Waals surface area contributed by atoms with Gasteiger partial charge in [-0.25, -0.2) is 0 Å². The lowest BCUT2D eigenvalue weighted by Gasteiger charge is -2.15. The van der Waals surface area contributed by atoms with Crippen LogP contribution in [-0.4, -0.2) is 29.7 Å². The maximum Gasteiger partial charge on any atom is 0.220 e. The van der Waals surface area contributed by atoms with Crippen LogP contribution in [0.4, 0.5) is 0 Å². The van der Waals surface area contributed by atoms with E-state index in [9.17, 15) is 9.59 Å². The molecule has 0 aromatic heterocycles. The number of amides is 1. The summed E-state index contributed by atoms with van der Waals surface area (Å²) in [5.41, 5.74) is 0. The molecule has 14 heavy (non-hydrogen) atoms. The van der Waals surface area contributed by atoms with Crippen molar-refractivity contribution in [1.82, 2.24) is 5.32 Å². The zero-order valence-electron chi connectivity index (χ0n) is 9.13. The summed E-state index contributed by atoms with van der Waals surface area (Å²) in [6, 6.07) is 0.240. The van der Waals surface area contributed by atoms with Crippen LogP contribution in [0.15, 0.2) is 0 Å². The fourth-order valence-electron chi connectivity index (χ4n) is 1.05. The van der Waals surface area contributed by atoms with Gasteiger partial charge in [-0.15, -0.1) is 0 Å². The van der Waals surface area contributed by atoms with Gasteiger partial charge in [-0.2, -0.15) is 11.8 Å².